The third-order valence-electron chi connectivity index (χ3n) is 4.12. The lowest BCUT2D eigenvalue weighted by Gasteiger charge is -2.37. The molecule has 2 rings (SSSR count). The zero-order valence-electron chi connectivity index (χ0n) is 11.7. The van der Waals surface area contributed by atoms with Gasteiger partial charge in [-0.3, -0.25) is 0 Å². The summed E-state index contributed by atoms with van der Waals surface area (Å²) in [5.41, 5.74) is 0.0669. The lowest BCUT2D eigenvalue weighted by atomic mass is 9.93. The van der Waals surface area contributed by atoms with Gasteiger partial charge in [0.2, 0.25) is 0 Å². The molecule has 2 saturated heterocycles. The first-order valence-electron chi connectivity index (χ1n) is 7.14. The van der Waals surface area contributed by atoms with Crippen LogP contribution in [0.5, 0.6) is 0 Å². The van der Waals surface area contributed by atoms with Gasteiger partial charge >= 0.3 is 0 Å². The number of rotatable bonds is 2. The molecule has 0 aromatic rings. The number of nitrogens with one attached hydrogen (secondary N) is 1. The van der Waals surface area contributed by atoms with Crippen LogP contribution in [0.25, 0.3) is 0 Å². The van der Waals surface area contributed by atoms with Crippen molar-refractivity contribution in [3.8, 4) is 0 Å². The molecule has 100 valence electrons. The minimum Gasteiger partial charge on any atom is -0.375 e. The van der Waals surface area contributed by atoms with E-state index in [-0.39, 0.29) is 5.60 Å². The normalized spacial score (nSPS) is 35.5. The Kier molecular flexibility index (Phi) is 4.45. The molecule has 1 N–H and O–H groups in total. The van der Waals surface area contributed by atoms with E-state index in [0.717, 1.165) is 19.1 Å². The fourth-order valence-electron chi connectivity index (χ4n) is 3.11. The molecule has 0 radical (unpaired) electrons. The Morgan fingerprint density at radius 3 is 2.71 bits per heavy atom. The topological polar surface area (TPSA) is 24.5 Å². The fraction of sp³-hybridized carbons (Fsp3) is 1.00. The molecule has 0 saturated carbocycles. The summed E-state index contributed by atoms with van der Waals surface area (Å²) in [6.07, 6.45) is 6.30. The molecule has 0 spiro atoms. The van der Waals surface area contributed by atoms with E-state index in [2.05, 4.69) is 31.1 Å². The van der Waals surface area contributed by atoms with Gasteiger partial charge in [-0.15, -0.1) is 0 Å². The zero-order valence-corrected chi connectivity index (χ0v) is 11.7. The fourth-order valence-corrected chi connectivity index (χ4v) is 3.11. The summed E-state index contributed by atoms with van der Waals surface area (Å²) in [7, 11) is 2.24. The number of nitrogens with zero attached hydrogens (tertiary/aromatic N) is 1. The van der Waals surface area contributed by atoms with Crippen molar-refractivity contribution in [1.82, 2.24) is 10.2 Å². The molecule has 2 fully saturated rings. The van der Waals surface area contributed by atoms with Crippen LogP contribution in [0.3, 0.4) is 0 Å². The Morgan fingerprint density at radius 1 is 1.12 bits per heavy atom. The number of likely N-dealkylation sites (tertiary alicyclic amines) is 1. The molecular formula is C14H28N2O. The molecule has 2 atom stereocenters. The molecule has 0 bridgehead atoms. The van der Waals surface area contributed by atoms with Gasteiger partial charge in [0.05, 0.1) is 5.60 Å². The highest BCUT2D eigenvalue weighted by Crippen LogP contribution is 2.25. The van der Waals surface area contributed by atoms with Gasteiger partial charge < -0.3 is 15.0 Å². The lowest BCUT2D eigenvalue weighted by Crippen LogP contribution is -2.47. The average Bonchev–Trinajstić information content (AvgIpc) is 2.42. The van der Waals surface area contributed by atoms with E-state index in [4.69, 9.17) is 4.74 Å². The first-order chi connectivity index (χ1) is 8.05. The standard InChI is InChI=1S/C14H28N2O/c1-14(2)11-13(7-10-17-14)15-12-5-4-8-16(3)9-6-12/h12-13,15H,4-11H2,1-3H3. The molecule has 2 unspecified atom stereocenters. The lowest BCUT2D eigenvalue weighted by molar-refractivity contribution is -0.0643. The predicted octanol–water partition coefficient (Wildman–Crippen LogP) is 2.02. The van der Waals surface area contributed by atoms with Crippen molar-refractivity contribution in [2.24, 2.45) is 0 Å². The van der Waals surface area contributed by atoms with E-state index in [1.807, 2.05) is 0 Å². The van der Waals surface area contributed by atoms with Gasteiger partial charge in [-0.25, -0.2) is 0 Å². The monoisotopic (exact) mass is 240 g/mol. The second kappa shape index (κ2) is 5.68. The minimum absolute atomic E-state index is 0.0669. The zero-order chi connectivity index (χ0) is 12.3. The van der Waals surface area contributed by atoms with Crippen molar-refractivity contribution >= 4 is 0 Å². The minimum atomic E-state index is 0.0669. The summed E-state index contributed by atoms with van der Waals surface area (Å²) in [4.78, 5) is 2.45. The molecule has 3 heteroatoms. The van der Waals surface area contributed by atoms with Crippen LogP contribution in [0.15, 0.2) is 0 Å². The quantitative estimate of drug-likeness (QED) is 0.799. The molecule has 17 heavy (non-hydrogen) atoms. The maximum absolute atomic E-state index is 5.78. The molecule has 0 aromatic carbocycles. The molecule has 3 nitrogen and oxygen atoms in total. The molecule has 0 aliphatic carbocycles. The number of hydrogen-bond acceptors (Lipinski definition) is 3. The smallest absolute Gasteiger partial charge is 0.0641 e. The van der Waals surface area contributed by atoms with Crippen LogP contribution in [-0.4, -0.2) is 49.3 Å². The Hall–Kier alpha value is -0.120. The molecule has 0 aromatic heterocycles. The van der Waals surface area contributed by atoms with Gasteiger partial charge in [-0.2, -0.15) is 0 Å². The Bertz CT molecular complexity index is 242. The van der Waals surface area contributed by atoms with Crippen molar-refractivity contribution in [2.75, 3.05) is 26.7 Å². The van der Waals surface area contributed by atoms with Crippen molar-refractivity contribution in [3.63, 3.8) is 0 Å². The highest BCUT2D eigenvalue weighted by molar-refractivity contribution is 4.86. The highest BCUT2D eigenvalue weighted by atomic mass is 16.5. The van der Waals surface area contributed by atoms with Gasteiger partial charge in [-0.1, -0.05) is 0 Å². The van der Waals surface area contributed by atoms with E-state index >= 15 is 0 Å². The summed E-state index contributed by atoms with van der Waals surface area (Å²) in [5, 5.41) is 3.87. The summed E-state index contributed by atoms with van der Waals surface area (Å²) < 4.78 is 5.78. The van der Waals surface area contributed by atoms with Gasteiger partial charge in [0.25, 0.3) is 0 Å². The van der Waals surface area contributed by atoms with E-state index in [0.29, 0.717) is 6.04 Å². The molecule has 2 aliphatic heterocycles. The van der Waals surface area contributed by atoms with Crippen molar-refractivity contribution < 1.29 is 4.74 Å². The van der Waals surface area contributed by atoms with E-state index in [9.17, 15) is 0 Å². The van der Waals surface area contributed by atoms with Crippen molar-refractivity contribution in [1.29, 1.82) is 0 Å². The maximum atomic E-state index is 5.78. The van der Waals surface area contributed by atoms with Crippen LogP contribution in [0.1, 0.15) is 46.0 Å². The van der Waals surface area contributed by atoms with Crippen LogP contribution >= 0.6 is 0 Å². The number of hydrogen-bond donors (Lipinski definition) is 1. The van der Waals surface area contributed by atoms with Gasteiger partial charge in [0.15, 0.2) is 0 Å². The van der Waals surface area contributed by atoms with Crippen LogP contribution < -0.4 is 5.32 Å². The number of ether oxygens (including phenoxy) is 1. The van der Waals surface area contributed by atoms with E-state index in [1.165, 1.54) is 38.8 Å². The molecular weight excluding hydrogens is 212 g/mol. The van der Waals surface area contributed by atoms with Gasteiger partial charge in [0.1, 0.15) is 0 Å². The molecule has 2 heterocycles. The summed E-state index contributed by atoms with van der Waals surface area (Å²) >= 11 is 0. The largest absolute Gasteiger partial charge is 0.375 e. The Balaban J connectivity index is 1.79. The Labute approximate surface area is 106 Å². The molecule has 0 amide bonds. The molecule has 2 aliphatic rings. The average molecular weight is 240 g/mol. The summed E-state index contributed by atoms with van der Waals surface area (Å²) in [6.45, 7) is 7.84. The Morgan fingerprint density at radius 2 is 1.94 bits per heavy atom. The third-order valence-corrected chi connectivity index (χ3v) is 4.12. The second-order valence-corrected chi connectivity index (χ2v) is 6.40. The predicted molar refractivity (Wildman–Crippen MR) is 71.3 cm³/mol. The third kappa shape index (κ3) is 4.23. The SMILES string of the molecule is CN1CCCC(NC2CCOC(C)(C)C2)CC1. The van der Waals surface area contributed by atoms with Crippen LogP contribution in [-0.2, 0) is 4.74 Å². The highest BCUT2D eigenvalue weighted by Gasteiger charge is 2.30. The second-order valence-electron chi connectivity index (χ2n) is 6.40. The van der Waals surface area contributed by atoms with Gasteiger partial charge in [0, 0.05) is 18.7 Å². The van der Waals surface area contributed by atoms with Crippen molar-refractivity contribution in [3.05, 3.63) is 0 Å². The maximum Gasteiger partial charge on any atom is 0.0641 e. The van der Waals surface area contributed by atoms with E-state index in [1.54, 1.807) is 0 Å². The van der Waals surface area contributed by atoms with Crippen LogP contribution in [0, 0.1) is 0 Å². The van der Waals surface area contributed by atoms with Gasteiger partial charge in [-0.05, 0) is 66.1 Å². The first kappa shape index (κ1) is 13.3. The summed E-state index contributed by atoms with van der Waals surface area (Å²) in [5.74, 6) is 0. The van der Waals surface area contributed by atoms with Crippen LogP contribution in [0.4, 0.5) is 0 Å². The first-order valence-corrected chi connectivity index (χ1v) is 7.14. The van der Waals surface area contributed by atoms with Crippen LogP contribution in [0.2, 0.25) is 0 Å². The summed E-state index contributed by atoms with van der Waals surface area (Å²) in [6, 6.07) is 1.38. The van der Waals surface area contributed by atoms with E-state index < -0.39 is 0 Å². The van der Waals surface area contributed by atoms with Crippen molar-refractivity contribution in [2.45, 2.75) is 63.6 Å².